The van der Waals surface area contributed by atoms with Gasteiger partial charge in [-0.05, 0) is 30.5 Å². The molecule has 1 aromatic heterocycles. The number of halogens is 1. The standard InChI is InChI=1S/C25H27FN2O4/c26-20-6-7-21-22(16-20)32-27-23(21)19-8-12-28(13-9-19)24(29)25(10-14-30-15-11-25)31-17-18-4-2-1-3-5-18/h1-7,16,19H,8-15,17H2. The molecule has 0 N–H and O–H groups in total. The van der Waals surface area contributed by atoms with Crippen LogP contribution < -0.4 is 0 Å². The number of carbonyl (C=O) groups excluding carboxylic acids is 1. The largest absolute Gasteiger partial charge is 0.381 e. The van der Waals surface area contributed by atoms with Crippen molar-refractivity contribution in [2.24, 2.45) is 0 Å². The zero-order chi connectivity index (χ0) is 22.0. The second kappa shape index (κ2) is 9.00. The Bertz CT molecular complexity index is 1070. The third-order valence-electron chi connectivity index (χ3n) is 6.68. The van der Waals surface area contributed by atoms with E-state index in [9.17, 15) is 9.18 Å². The van der Waals surface area contributed by atoms with E-state index in [-0.39, 0.29) is 17.6 Å². The molecule has 2 fully saturated rings. The van der Waals surface area contributed by atoms with Gasteiger partial charge in [-0.3, -0.25) is 4.79 Å². The molecule has 1 amide bonds. The van der Waals surface area contributed by atoms with Crippen LogP contribution in [0.1, 0.15) is 42.9 Å². The van der Waals surface area contributed by atoms with E-state index in [2.05, 4.69) is 5.16 Å². The van der Waals surface area contributed by atoms with E-state index in [1.54, 1.807) is 6.07 Å². The van der Waals surface area contributed by atoms with Crippen molar-refractivity contribution in [2.45, 2.75) is 43.8 Å². The molecule has 2 aliphatic heterocycles. The van der Waals surface area contributed by atoms with Crippen LogP contribution in [0.25, 0.3) is 11.0 Å². The Balaban J connectivity index is 1.27. The summed E-state index contributed by atoms with van der Waals surface area (Å²) < 4.78 is 30.6. The lowest BCUT2D eigenvalue weighted by atomic mass is 9.88. The van der Waals surface area contributed by atoms with E-state index in [1.165, 1.54) is 12.1 Å². The molecule has 0 spiro atoms. The fourth-order valence-electron chi connectivity index (χ4n) is 4.79. The van der Waals surface area contributed by atoms with Gasteiger partial charge < -0.3 is 18.9 Å². The third kappa shape index (κ3) is 4.14. The maximum absolute atomic E-state index is 13.6. The van der Waals surface area contributed by atoms with Crippen LogP contribution in [0.5, 0.6) is 0 Å². The van der Waals surface area contributed by atoms with Crippen LogP contribution in [-0.4, -0.2) is 47.9 Å². The highest BCUT2D eigenvalue weighted by atomic mass is 19.1. The number of amides is 1. The van der Waals surface area contributed by atoms with Crippen molar-refractivity contribution in [3.63, 3.8) is 0 Å². The third-order valence-corrected chi connectivity index (χ3v) is 6.68. The van der Waals surface area contributed by atoms with Gasteiger partial charge in [-0.1, -0.05) is 35.5 Å². The lowest BCUT2D eigenvalue weighted by Gasteiger charge is -2.41. The average Bonchev–Trinajstić information content (AvgIpc) is 3.26. The Morgan fingerprint density at radius 2 is 1.88 bits per heavy atom. The van der Waals surface area contributed by atoms with Gasteiger partial charge in [-0.25, -0.2) is 4.39 Å². The summed E-state index contributed by atoms with van der Waals surface area (Å²) >= 11 is 0. The zero-order valence-corrected chi connectivity index (χ0v) is 18.0. The molecule has 0 atom stereocenters. The number of aromatic nitrogens is 1. The highest BCUT2D eigenvalue weighted by Gasteiger charge is 2.44. The molecule has 2 saturated heterocycles. The number of nitrogens with zero attached hydrogens (tertiary/aromatic N) is 2. The van der Waals surface area contributed by atoms with Crippen LogP contribution in [0.4, 0.5) is 4.39 Å². The number of ether oxygens (including phenoxy) is 2. The Kier molecular flexibility index (Phi) is 5.93. The fraction of sp³-hybridized carbons (Fsp3) is 0.440. The zero-order valence-electron chi connectivity index (χ0n) is 18.0. The van der Waals surface area contributed by atoms with Crippen molar-refractivity contribution in [1.29, 1.82) is 0 Å². The van der Waals surface area contributed by atoms with Crippen molar-refractivity contribution < 1.29 is 23.2 Å². The lowest BCUT2D eigenvalue weighted by molar-refractivity contribution is -0.175. The molecule has 0 saturated carbocycles. The normalized spacial score (nSPS) is 19.3. The number of carbonyl (C=O) groups is 1. The molecule has 168 valence electrons. The molecular formula is C25H27FN2O4. The first kappa shape index (κ1) is 21.1. The van der Waals surface area contributed by atoms with Crippen molar-refractivity contribution >= 4 is 16.9 Å². The maximum atomic E-state index is 13.6. The Labute approximate surface area is 186 Å². The van der Waals surface area contributed by atoms with E-state index in [0.717, 1.165) is 29.5 Å². The summed E-state index contributed by atoms with van der Waals surface area (Å²) in [4.78, 5) is 15.5. The molecule has 0 bridgehead atoms. The predicted molar refractivity (Wildman–Crippen MR) is 117 cm³/mol. The summed E-state index contributed by atoms with van der Waals surface area (Å²) in [5, 5.41) is 5.06. The van der Waals surface area contributed by atoms with Crippen molar-refractivity contribution in [3.05, 3.63) is 65.6 Å². The summed E-state index contributed by atoms with van der Waals surface area (Å²) in [6, 6.07) is 14.5. The number of benzene rings is 2. The molecule has 6 nitrogen and oxygen atoms in total. The van der Waals surface area contributed by atoms with E-state index < -0.39 is 5.60 Å². The summed E-state index contributed by atoms with van der Waals surface area (Å²) in [6.07, 6.45) is 2.71. The first-order valence-electron chi connectivity index (χ1n) is 11.2. The van der Waals surface area contributed by atoms with Gasteiger partial charge in [0, 0.05) is 56.5 Å². The molecular weight excluding hydrogens is 411 g/mol. The molecule has 0 unspecified atom stereocenters. The van der Waals surface area contributed by atoms with Crippen LogP contribution in [-0.2, 0) is 20.9 Å². The summed E-state index contributed by atoms with van der Waals surface area (Å²) in [6.45, 7) is 2.73. The lowest BCUT2D eigenvalue weighted by Crippen LogP contribution is -2.55. The number of rotatable bonds is 5. The van der Waals surface area contributed by atoms with Crippen molar-refractivity contribution in [3.8, 4) is 0 Å². The van der Waals surface area contributed by atoms with Gasteiger partial charge in [0.25, 0.3) is 5.91 Å². The summed E-state index contributed by atoms with van der Waals surface area (Å²) in [7, 11) is 0. The highest BCUT2D eigenvalue weighted by molar-refractivity contribution is 5.85. The van der Waals surface area contributed by atoms with E-state index >= 15 is 0 Å². The summed E-state index contributed by atoms with van der Waals surface area (Å²) in [5.41, 5.74) is 1.54. The Morgan fingerprint density at radius 3 is 2.62 bits per heavy atom. The minimum atomic E-state index is -0.834. The average molecular weight is 438 g/mol. The summed E-state index contributed by atoms with van der Waals surface area (Å²) in [5.74, 6) is -0.0956. The minimum Gasteiger partial charge on any atom is -0.381 e. The van der Waals surface area contributed by atoms with Crippen LogP contribution in [0.3, 0.4) is 0 Å². The van der Waals surface area contributed by atoms with Gasteiger partial charge in [-0.2, -0.15) is 0 Å². The van der Waals surface area contributed by atoms with Gasteiger partial charge in [0.15, 0.2) is 11.2 Å². The first-order chi connectivity index (χ1) is 15.6. The van der Waals surface area contributed by atoms with Crippen molar-refractivity contribution in [2.75, 3.05) is 26.3 Å². The number of fused-ring (bicyclic) bond motifs is 1. The Hall–Kier alpha value is -2.77. The molecule has 3 aromatic rings. The second-order valence-electron chi connectivity index (χ2n) is 8.66. The van der Waals surface area contributed by atoms with Gasteiger partial charge >= 0.3 is 0 Å². The molecule has 0 aliphatic carbocycles. The number of hydrogen-bond donors (Lipinski definition) is 0. The van der Waals surface area contributed by atoms with Gasteiger partial charge in [0.2, 0.25) is 0 Å². The number of hydrogen-bond acceptors (Lipinski definition) is 5. The molecule has 32 heavy (non-hydrogen) atoms. The van der Waals surface area contributed by atoms with Crippen LogP contribution in [0.15, 0.2) is 53.1 Å². The molecule has 3 heterocycles. The molecule has 5 rings (SSSR count). The SMILES string of the molecule is O=C(N1CCC(c2noc3cc(F)ccc23)CC1)C1(OCc2ccccc2)CCOCC1. The fourth-order valence-corrected chi connectivity index (χ4v) is 4.79. The van der Waals surface area contributed by atoms with Gasteiger partial charge in [0.05, 0.1) is 12.3 Å². The highest BCUT2D eigenvalue weighted by Crippen LogP contribution is 2.35. The topological polar surface area (TPSA) is 64.8 Å². The van der Waals surface area contributed by atoms with Crippen LogP contribution in [0.2, 0.25) is 0 Å². The van der Waals surface area contributed by atoms with Gasteiger partial charge in [-0.15, -0.1) is 0 Å². The second-order valence-corrected chi connectivity index (χ2v) is 8.66. The molecule has 2 aromatic carbocycles. The maximum Gasteiger partial charge on any atom is 0.255 e. The van der Waals surface area contributed by atoms with E-state index in [4.69, 9.17) is 14.0 Å². The predicted octanol–water partition coefficient (Wildman–Crippen LogP) is 4.44. The molecule has 2 aliphatic rings. The molecule has 0 radical (unpaired) electrons. The van der Waals surface area contributed by atoms with Crippen molar-refractivity contribution in [1.82, 2.24) is 10.1 Å². The first-order valence-corrected chi connectivity index (χ1v) is 11.2. The van der Waals surface area contributed by atoms with E-state index in [0.29, 0.717) is 51.3 Å². The van der Waals surface area contributed by atoms with E-state index in [1.807, 2.05) is 35.2 Å². The molecule has 7 heteroatoms. The number of likely N-dealkylation sites (tertiary alicyclic amines) is 1. The Morgan fingerprint density at radius 1 is 1.12 bits per heavy atom. The van der Waals surface area contributed by atoms with Gasteiger partial charge in [0.1, 0.15) is 5.82 Å². The van der Waals surface area contributed by atoms with Crippen LogP contribution in [0, 0.1) is 5.82 Å². The number of piperidine rings is 1. The minimum absolute atomic E-state index is 0.0577. The quantitative estimate of drug-likeness (QED) is 0.589. The smallest absolute Gasteiger partial charge is 0.255 e. The van der Waals surface area contributed by atoms with Crippen LogP contribution >= 0.6 is 0 Å². The monoisotopic (exact) mass is 438 g/mol.